The summed E-state index contributed by atoms with van der Waals surface area (Å²) in [5.74, 6) is 0. The van der Waals surface area contributed by atoms with Gasteiger partial charge in [-0.15, -0.1) is 0 Å². The highest BCUT2D eigenvalue weighted by Crippen LogP contribution is 2.46. The lowest BCUT2D eigenvalue weighted by Gasteiger charge is -2.38. The van der Waals surface area contributed by atoms with Gasteiger partial charge in [0.1, 0.15) is 0 Å². The summed E-state index contributed by atoms with van der Waals surface area (Å²) in [5.41, 5.74) is 1.11. The highest BCUT2D eigenvalue weighted by atomic mass is 28.3. The van der Waals surface area contributed by atoms with Gasteiger partial charge in [0.15, 0.2) is 0 Å². The summed E-state index contributed by atoms with van der Waals surface area (Å²) in [4.78, 5) is 0. The first-order valence-corrected chi connectivity index (χ1v) is 9.45. The van der Waals surface area contributed by atoms with Gasteiger partial charge in [-0.3, -0.25) is 0 Å². The first kappa shape index (κ1) is 13.3. The Morgan fingerprint density at radius 3 is 1.33 bits per heavy atom. The minimum Gasteiger partial charge on any atom is -0.0604 e. The highest BCUT2D eigenvalue weighted by Gasteiger charge is 2.41. The molecule has 0 radical (unpaired) electrons. The van der Waals surface area contributed by atoms with Crippen molar-refractivity contribution in [2.24, 2.45) is 10.8 Å². The van der Waals surface area contributed by atoms with Crippen LogP contribution in [0.4, 0.5) is 0 Å². The van der Waals surface area contributed by atoms with Crippen molar-refractivity contribution >= 4 is 8.07 Å². The topological polar surface area (TPSA) is 0 Å². The standard InChI is InChI=1S/C14H30Si/c1-13(2,3)11-15(9-7-8-10-15)12-14(4,5)6/h7-12H2,1-6H3. The molecule has 1 aliphatic heterocycles. The maximum Gasteiger partial charge on any atom is 0.0546 e. The van der Waals surface area contributed by atoms with Crippen LogP contribution in [-0.2, 0) is 0 Å². The van der Waals surface area contributed by atoms with Gasteiger partial charge in [-0.2, -0.15) is 0 Å². The number of rotatable bonds is 2. The molecular weight excluding hydrogens is 196 g/mol. The third kappa shape index (κ3) is 4.71. The second-order valence-corrected chi connectivity index (χ2v) is 12.9. The number of hydrogen-bond acceptors (Lipinski definition) is 0. The first-order chi connectivity index (χ1) is 6.62. The molecule has 0 amide bonds. The van der Waals surface area contributed by atoms with Gasteiger partial charge in [-0.1, -0.05) is 78.6 Å². The Morgan fingerprint density at radius 2 is 1.07 bits per heavy atom. The molecule has 0 atom stereocenters. The van der Waals surface area contributed by atoms with Crippen LogP contribution in [-0.4, -0.2) is 8.07 Å². The smallest absolute Gasteiger partial charge is 0.0546 e. The van der Waals surface area contributed by atoms with E-state index in [2.05, 4.69) is 41.5 Å². The maximum atomic E-state index is 2.43. The minimum atomic E-state index is -0.903. The molecule has 0 aromatic rings. The van der Waals surface area contributed by atoms with Crippen molar-refractivity contribution in [3.63, 3.8) is 0 Å². The average molecular weight is 226 g/mol. The average Bonchev–Trinajstić information content (AvgIpc) is 2.27. The second-order valence-electron chi connectivity index (χ2n) is 8.18. The van der Waals surface area contributed by atoms with Crippen LogP contribution < -0.4 is 0 Å². The Hall–Kier alpha value is 0.217. The zero-order chi connectivity index (χ0) is 11.7. The molecule has 1 saturated heterocycles. The normalized spacial score (nSPS) is 22.0. The summed E-state index contributed by atoms with van der Waals surface area (Å²) >= 11 is 0. The fourth-order valence-corrected chi connectivity index (χ4v) is 11.4. The summed E-state index contributed by atoms with van der Waals surface area (Å²) in [7, 11) is -0.903. The van der Waals surface area contributed by atoms with E-state index in [1.807, 2.05) is 0 Å². The second kappa shape index (κ2) is 4.23. The highest BCUT2D eigenvalue weighted by molar-refractivity contribution is 6.80. The molecule has 1 aliphatic rings. The summed E-state index contributed by atoms with van der Waals surface area (Å²) in [5, 5.41) is 0. The van der Waals surface area contributed by atoms with E-state index in [1.54, 1.807) is 24.2 Å². The van der Waals surface area contributed by atoms with Gasteiger partial charge in [0.05, 0.1) is 8.07 Å². The molecule has 0 aliphatic carbocycles. The van der Waals surface area contributed by atoms with Crippen LogP contribution in [0.2, 0.25) is 24.2 Å². The van der Waals surface area contributed by atoms with Crippen molar-refractivity contribution in [1.82, 2.24) is 0 Å². The molecule has 0 aromatic heterocycles. The lowest BCUT2D eigenvalue weighted by Crippen LogP contribution is -2.38. The van der Waals surface area contributed by atoms with Crippen molar-refractivity contribution in [3.05, 3.63) is 0 Å². The van der Waals surface area contributed by atoms with Crippen LogP contribution in [0.15, 0.2) is 0 Å². The fraction of sp³-hybridized carbons (Fsp3) is 1.00. The Bertz CT molecular complexity index is 180. The van der Waals surface area contributed by atoms with Gasteiger partial charge in [-0.05, 0) is 10.8 Å². The first-order valence-electron chi connectivity index (χ1n) is 6.62. The van der Waals surface area contributed by atoms with Crippen molar-refractivity contribution in [2.45, 2.75) is 78.6 Å². The fourth-order valence-electron chi connectivity index (χ4n) is 3.79. The van der Waals surface area contributed by atoms with Crippen molar-refractivity contribution in [3.8, 4) is 0 Å². The monoisotopic (exact) mass is 226 g/mol. The van der Waals surface area contributed by atoms with E-state index in [-0.39, 0.29) is 0 Å². The molecule has 90 valence electrons. The molecule has 0 spiro atoms. The van der Waals surface area contributed by atoms with E-state index in [9.17, 15) is 0 Å². The third-order valence-corrected chi connectivity index (χ3v) is 9.92. The number of hydrogen-bond donors (Lipinski definition) is 0. The quantitative estimate of drug-likeness (QED) is 0.559. The molecule has 1 heterocycles. The van der Waals surface area contributed by atoms with Gasteiger partial charge in [-0.25, -0.2) is 0 Å². The molecule has 0 aromatic carbocycles. The summed E-state index contributed by atoms with van der Waals surface area (Å²) in [6.45, 7) is 14.6. The molecule has 0 saturated carbocycles. The Balaban J connectivity index is 2.71. The maximum absolute atomic E-state index is 2.43. The Morgan fingerprint density at radius 1 is 0.733 bits per heavy atom. The molecular formula is C14H30Si. The Kier molecular flexibility index (Phi) is 3.75. The molecule has 0 unspecified atom stereocenters. The van der Waals surface area contributed by atoms with E-state index in [0.29, 0.717) is 10.8 Å². The zero-order valence-electron chi connectivity index (χ0n) is 11.7. The van der Waals surface area contributed by atoms with Gasteiger partial charge < -0.3 is 0 Å². The predicted octanol–water partition coefficient (Wildman–Crippen LogP) is 5.32. The van der Waals surface area contributed by atoms with Gasteiger partial charge >= 0.3 is 0 Å². The van der Waals surface area contributed by atoms with Gasteiger partial charge in [0.2, 0.25) is 0 Å². The van der Waals surface area contributed by atoms with E-state index >= 15 is 0 Å². The summed E-state index contributed by atoms with van der Waals surface area (Å²) in [6.07, 6.45) is 3.05. The predicted molar refractivity (Wildman–Crippen MR) is 73.1 cm³/mol. The third-order valence-electron chi connectivity index (χ3n) is 3.47. The summed E-state index contributed by atoms with van der Waals surface area (Å²) in [6, 6.07) is 6.33. The molecule has 0 bridgehead atoms. The van der Waals surface area contributed by atoms with Gasteiger partial charge in [0.25, 0.3) is 0 Å². The van der Waals surface area contributed by atoms with E-state index in [0.717, 1.165) is 0 Å². The van der Waals surface area contributed by atoms with Crippen LogP contribution in [0, 0.1) is 10.8 Å². The van der Waals surface area contributed by atoms with Crippen molar-refractivity contribution in [2.75, 3.05) is 0 Å². The van der Waals surface area contributed by atoms with Gasteiger partial charge in [0, 0.05) is 0 Å². The van der Waals surface area contributed by atoms with Crippen LogP contribution in [0.5, 0.6) is 0 Å². The van der Waals surface area contributed by atoms with E-state index in [1.165, 1.54) is 12.8 Å². The molecule has 0 nitrogen and oxygen atoms in total. The lowest BCUT2D eigenvalue weighted by molar-refractivity contribution is 0.432. The molecule has 15 heavy (non-hydrogen) atoms. The molecule has 1 heteroatoms. The molecule has 1 fully saturated rings. The molecule has 1 rings (SSSR count). The van der Waals surface area contributed by atoms with Crippen LogP contribution >= 0.6 is 0 Å². The SMILES string of the molecule is CC(C)(C)C[Si]1(CC(C)(C)C)CCCC1. The van der Waals surface area contributed by atoms with Crippen molar-refractivity contribution in [1.29, 1.82) is 0 Å². The van der Waals surface area contributed by atoms with E-state index in [4.69, 9.17) is 0 Å². The van der Waals surface area contributed by atoms with Crippen LogP contribution in [0.25, 0.3) is 0 Å². The molecule has 0 N–H and O–H groups in total. The largest absolute Gasteiger partial charge is 0.0604 e. The minimum absolute atomic E-state index is 0.557. The van der Waals surface area contributed by atoms with Crippen LogP contribution in [0.3, 0.4) is 0 Å². The Labute approximate surface area is 97.9 Å². The van der Waals surface area contributed by atoms with Crippen molar-refractivity contribution < 1.29 is 0 Å². The van der Waals surface area contributed by atoms with E-state index < -0.39 is 8.07 Å². The zero-order valence-corrected chi connectivity index (χ0v) is 12.7. The summed E-state index contributed by atoms with van der Waals surface area (Å²) < 4.78 is 0. The lowest BCUT2D eigenvalue weighted by atomic mass is 10.00. The van der Waals surface area contributed by atoms with Crippen LogP contribution in [0.1, 0.15) is 54.4 Å².